The lowest BCUT2D eigenvalue weighted by molar-refractivity contribution is -0.145. The minimum absolute atomic E-state index is 0.0109. The first-order valence-electron chi connectivity index (χ1n) is 15.1. The Morgan fingerprint density at radius 3 is 2.26 bits per heavy atom. The largest absolute Gasteiger partial charge is 0.481 e. The van der Waals surface area contributed by atoms with Gasteiger partial charge in [-0.1, -0.05) is 45.0 Å². The van der Waals surface area contributed by atoms with Gasteiger partial charge in [0, 0.05) is 25.3 Å². The molecule has 0 spiro atoms. The Hall–Kier alpha value is -3.31. The third kappa shape index (κ3) is 8.00. The number of nitrogens with zero attached hydrogens (tertiary/aromatic N) is 2. The standard InChI is InChI=1S/C32H44N4O6S/c1-18(21-10-12-22(13-11-21)27-19(2)33-17-43-27)34-30(41)25-15-24(37)16-36(25)31(42)28(32(3,4)5)35-29(40)23-8-6-20(7-9-23)14-26(38)39/h10-13,17-18,20,23-25,28,37H,6-9,14-16H2,1-5H3,(H,34,41)(H,35,40)(H,38,39)/t18-,20?,23?,24+,25-,28+/m0/s1. The van der Waals surface area contributed by atoms with Gasteiger partial charge in [-0.15, -0.1) is 11.3 Å². The number of likely N-dealkylation sites (tertiary alicyclic amines) is 1. The first-order chi connectivity index (χ1) is 20.2. The molecular formula is C32H44N4O6S. The summed E-state index contributed by atoms with van der Waals surface area (Å²) in [6.45, 7) is 9.45. The van der Waals surface area contributed by atoms with Crippen molar-refractivity contribution in [3.63, 3.8) is 0 Å². The van der Waals surface area contributed by atoms with Crippen LogP contribution in [0.3, 0.4) is 0 Å². The maximum atomic E-state index is 13.9. The second-order valence-electron chi connectivity index (χ2n) is 13.1. The minimum Gasteiger partial charge on any atom is -0.481 e. The van der Waals surface area contributed by atoms with Crippen LogP contribution in [0.25, 0.3) is 10.4 Å². The Labute approximate surface area is 257 Å². The van der Waals surface area contributed by atoms with Crippen molar-refractivity contribution in [1.29, 1.82) is 0 Å². The van der Waals surface area contributed by atoms with Crippen LogP contribution >= 0.6 is 11.3 Å². The number of aliphatic carboxylic acids is 1. The molecule has 1 aliphatic carbocycles. The second-order valence-corrected chi connectivity index (χ2v) is 14.0. The van der Waals surface area contributed by atoms with Gasteiger partial charge in [-0.3, -0.25) is 19.2 Å². The van der Waals surface area contributed by atoms with Crippen LogP contribution in [-0.2, 0) is 19.2 Å². The number of carboxylic acids is 1. The lowest BCUT2D eigenvalue weighted by atomic mass is 9.79. The van der Waals surface area contributed by atoms with Crippen LogP contribution in [-0.4, -0.2) is 68.5 Å². The van der Waals surface area contributed by atoms with Gasteiger partial charge in [0.25, 0.3) is 0 Å². The number of amides is 3. The molecule has 1 aromatic heterocycles. The molecule has 1 saturated heterocycles. The van der Waals surface area contributed by atoms with Crippen LogP contribution in [0.2, 0.25) is 0 Å². The summed E-state index contributed by atoms with van der Waals surface area (Å²) in [4.78, 5) is 58.6. The maximum Gasteiger partial charge on any atom is 0.303 e. The molecule has 4 atom stereocenters. The molecule has 4 rings (SSSR count). The molecule has 2 aliphatic rings. The SMILES string of the molecule is Cc1ncsc1-c1ccc([C@H](C)NC(=O)[C@@H]2C[C@@H](O)CN2C(=O)[C@@H](NC(=O)C2CCC(CC(=O)O)CC2)C(C)(C)C)cc1. The third-order valence-electron chi connectivity index (χ3n) is 8.72. The number of rotatable bonds is 9. The summed E-state index contributed by atoms with van der Waals surface area (Å²) in [6.07, 6.45) is 1.84. The topological polar surface area (TPSA) is 149 Å². The van der Waals surface area contributed by atoms with E-state index in [-0.39, 0.29) is 49.1 Å². The summed E-state index contributed by atoms with van der Waals surface area (Å²) in [5, 5.41) is 25.6. The number of nitrogens with one attached hydrogen (secondary N) is 2. The van der Waals surface area contributed by atoms with Crippen LogP contribution in [0, 0.1) is 24.2 Å². The molecule has 1 saturated carbocycles. The van der Waals surface area contributed by atoms with Crippen molar-refractivity contribution < 1.29 is 29.4 Å². The average Bonchev–Trinajstić information content (AvgIpc) is 3.56. The average molecular weight is 613 g/mol. The van der Waals surface area contributed by atoms with Crippen molar-refractivity contribution in [2.24, 2.45) is 17.3 Å². The number of thiazole rings is 1. The van der Waals surface area contributed by atoms with Gasteiger partial charge in [0.1, 0.15) is 12.1 Å². The van der Waals surface area contributed by atoms with E-state index in [2.05, 4.69) is 15.6 Å². The molecule has 2 aromatic rings. The van der Waals surface area contributed by atoms with E-state index in [9.17, 15) is 24.3 Å². The Kier molecular flexibility index (Phi) is 10.3. The number of hydrogen-bond acceptors (Lipinski definition) is 7. The predicted molar refractivity (Wildman–Crippen MR) is 164 cm³/mol. The summed E-state index contributed by atoms with van der Waals surface area (Å²) >= 11 is 1.58. The van der Waals surface area contributed by atoms with Crippen LogP contribution in [0.15, 0.2) is 29.8 Å². The lowest BCUT2D eigenvalue weighted by Crippen LogP contribution is -2.58. The smallest absolute Gasteiger partial charge is 0.303 e. The van der Waals surface area contributed by atoms with Crippen molar-refractivity contribution in [2.75, 3.05) is 6.54 Å². The van der Waals surface area contributed by atoms with Gasteiger partial charge >= 0.3 is 5.97 Å². The van der Waals surface area contributed by atoms with E-state index in [1.54, 1.807) is 11.3 Å². The predicted octanol–water partition coefficient (Wildman–Crippen LogP) is 4.07. The summed E-state index contributed by atoms with van der Waals surface area (Å²) in [5.41, 5.74) is 4.11. The zero-order valence-corrected chi connectivity index (χ0v) is 26.4. The van der Waals surface area contributed by atoms with E-state index in [1.165, 1.54) is 4.90 Å². The quantitative estimate of drug-likeness (QED) is 0.334. The highest BCUT2D eigenvalue weighted by Crippen LogP contribution is 2.33. The van der Waals surface area contributed by atoms with E-state index in [4.69, 9.17) is 5.11 Å². The van der Waals surface area contributed by atoms with Crippen molar-refractivity contribution in [3.05, 3.63) is 41.0 Å². The van der Waals surface area contributed by atoms with E-state index in [0.717, 1.165) is 21.7 Å². The molecule has 3 amide bonds. The fraction of sp³-hybridized carbons (Fsp3) is 0.594. The van der Waals surface area contributed by atoms with Gasteiger partial charge in [-0.05, 0) is 62.0 Å². The molecule has 4 N–H and O–H groups in total. The van der Waals surface area contributed by atoms with E-state index in [0.29, 0.717) is 25.7 Å². The Bertz CT molecular complexity index is 1310. The highest BCUT2D eigenvalue weighted by Gasteiger charge is 2.45. The van der Waals surface area contributed by atoms with Gasteiger partial charge in [-0.2, -0.15) is 0 Å². The first-order valence-corrected chi connectivity index (χ1v) is 15.9. The highest BCUT2D eigenvalue weighted by atomic mass is 32.1. The number of aliphatic hydroxyl groups is 1. The molecular weight excluding hydrogens is 568 g/mol. The van der Waals surface area contributed by atoms with Gasteiger partial charge in [0.15, 0.2) is 0 Å². The van der Waals surface area contributed by atoms with Crippen LogP contribution in [0.4, 0.5) is 0 Å². The monoisotopic (exact) mass is 612 g/mol. The third-order valence-corrected chi connectivity index (χ3v) is 9.70. The molecule has 43 heavy (non-hydrogen) atoms. The summed E-state index contributed by atoms with van der Waals surface area (Å²) < 4.78 is 0. The molecule has 0 bridgehead atoms. The lowest BCUT2D eigenvalue weighted by Gasteiger charge is -2.37. The van der Waals surface area contributed by atoms with E-state index < -0.39 is 35.5 Å². The van der Waals surface area contributed by atoms with E-state index in [1.807, 2.05) is 64.4 Å². The number of hydrogen-bond donors (Lipinski definition) is 4. The first kappa shape index (κ1) is 32.6. The van der Waals surface area contributed by atoms with Gasteiger partial charge in [-0.25, -0.2) is 4.98 Å². The van der Waals surface area contributed by atoms with Crippen molar-refractivity contribution in [2.45, 2.75) is 97.4 Å². The number of β-amino-alcohol motifs (C(OH)–C–C–N with tert-alkyl or cyclic N) is 1. The molecule has 2 fully saturated rings. The van der Waals surface area contributed by atoms with Gasteiger partial charge < -0.3 is 25.7 Å². The van der Waals surface area contributed by atoms with Crippen molar-refractivity contribution in [1.82, 2.24) is 20.5 Å². The number of carboxylic acid groups (broad SMARTS) is 1. The number of carbonyl (C=O) groups excluding carboxylic acids is 3. The van der Waals surface area contributed by atoms with Gasteiger partial charge in [0.05, 0.1) is 28.2 Å². The molecule has 2 heterocycles. The zero-order chi connectivity index (χ0) is 31.5. The Morgan fingerprint density at radius 2 is 1.70 bits per heavy atom. The van der Waals surface area contributed by atoms with Crippen LogP contribution in [0.5, 0.6) is 0 Å². The molecule has 1 aliphatic heterocycles. The highest BCUT2D eigenvalue weighted by molar-refractivity contribution is 7.13. The summed E-state index contributed by atoms with van der Waals surface area (Å²) in [5.74, 6) is -2.03. The fourth-order valence-electron chi connectivity index (χ4n) is 6.15. The number of benzene rings is 1. The van der Waals surface area contributed by atoms with Crippen molar-refractivity contribution >= 4 is 35.0 Å². The number of carbonyl (C=O) groups is 4. The number of aryl methyl sites for hydroxylation is 1. The normalized spacial score (nSPS) is 23.8. The van der Waals surface area contributed by atoms with Crippen molar-refractivity contribution in [3.8, 4) is 10.4 Å². The maximum absolute atomic E-state index is 13.9. The zero-order valence-electron chi connectivity index (χ0n) is 25.6. The molecule has 10 nitrogen and oxygen atoms in total. The number of aliphatic hydroxyl groups excluding tert-OH is 1. The Balaban J connectivity index is 1.41. The fourth-order valence-corrected chi connectivity index (χ4v) is 6.96. The van der Waals surface area contributed by atoms with E-state index >= 15 is 0 Å². The molecule has 0 unspecified atom stereocenters. The summed E-state index contributed by atoms with van der Waals surface area (Å²) in [6, 6.07) is 5.85. The Morgan fingerprint density at radius 1 is 1.05 bits per heavy atom. The molecule has 234 valence electrons. The van der Waals surface area contributed by atoms with Gasteiger partial charge in [0.2, 0.25) is 17.7 Å². The minimum atomic E-state index is -0.891. The molecule has 11 heteroatoms. The molecule has 0 radical (unpaired) electrons. The summed E-state index contributed by atoms with van der Waals surface area (Å²) in [7, 11) is 0. The van der Waals surface area contributed by atoms with Crippen LogP contribution in [0.1, 0.15) is 83.5 Å². The second kappa shape index (κ2) is 13.5. The van der Waals surface area contributed by atoms with Crippen LogP contribution < -0.4 is 10.6 Å². The number of aromatic nitrogens is 1. The molecule has 1 aromatic carbocycles.